The van der Waals surface area contributed by atoms with Crippen LogP contribution in [0.2, 0.25) is 0 Å². The highest BCUT2D eigenvalue weighted by atomic mass is 32.2. The van der Waals surface area contributed by atoms with Crippen molar-refractivity contribution in [1.29, 1.82) is 0 Å². The summed E-state index contributed by atoms with van der Waals surface area (Å²) in [6, 6.07) is 8.54. The number of hydrogen-bond donors (Lipinski definition) is 0. The summed E-state index contributed by atoms with van der Waals surface area (Å²) in [5.74, 6) is 0.790. The molecule has 1 fully saturated rings. The van der Waals surface area contributed by atoms with Crippen LogP contribution >= 0.6 is 11.8 Å². The topological polar surface area (TPSA) is 34.9 Å². The molecule has 1 aromatic carbocycles. The van der Waals surface area contributed by atoms with Crippen LogP contribution in [0.4, 0.5) is 0 Å². The van der Waals surface area contributed by atoms with Crippen LogP contribution in [0.25, 0.3) is 11.3 Å². The molecule has 3 nitrogen and oxygen atoms in total. The highest BCUT2D eigenvalue weighted by Crippen LogP contribution is 2.48. The summed E-state index contributed by atoms with van der Waals surface area (Å²) in [6.45, 7) is 8.73. The van der Waals surface area contributed by atoms with E-state index < -0.39 is 0 Å². The van der Waals surface area contributed by atoms with Crippen LogP contribution < -0.4 is 5.56 Å². The van der Waals surface area contributed by atoms with Crippen molar-refractivity contribution in [1.82, 2.24) is 9.55 Å². The second-order valence-electron chi connectivity index (χ2n) is 8.09. The van der Waals surface area contributed by atoms with E-state index in [4.69, 9.17) is 4.98 Å². The van der Waals surface area contributed by atoms with Crippen LogP contribution in [0.5, 0.6) is 0 Å². The Morgan fingerprint density at radius 1 is 1.26 bits per heavy atom. The second-order valence-corrected chi connectivity index (χ2v) is 9.03. The molecule has 0 atom stereocenters. The van der Waals surface area contributed by atoms with Crippen molar-refractivity contribution in [2.24, 2.45) is 0 Å². The molecule has 1 aromatic heterocycles. The molecule has 1 saturated carbocycles. The molecule has 2 aliphatic rings. The number of rotatable bonds is 4. The van der Waals surface area contributed by atoms with E-state index in [9.17, 15) is 4.79 Å². The Balaban J connectivity index is 1.96. The van der Waals surface area contributed by atoms with Gasteiger partial charge in [-0.05, 0) is 38.7 Å². The first-order valence-corrected chi connectivity index (χ1v) is 11.0. The number of fused-ring (bicyclic) bond motifs is 4. The number of thioether (sulfide) groups is 1. The molecule has 1 heterocycles. The van der Waals surface area contributed by atoms with Crippen molar-refractivity contribution >= 4 is 11.8 Å². The highest BCUT2D eigenvalue weighted by molar-refractivity contribution is 7.99. The maximum absolute atomic E-state index is 13.7. The van der Waals surface area contributed by atoms with Gasteiger partial charge in [-0.3, -0.25) is 9.36 Å². The third-order valence-corrected chi connectivity index (χ3v) is 7.25. The van der Waals surface area contributed by atoms with Crippen molar-refractivity contribution in [3.8, 4) is 11.3 Å². The molecule has 0 amide bonds. The summed E-state index contributed by atoms with van der Waals surface area (Å²) < 4.78 is 1.89. The van der Waals surface area contributed by atoms with E-state index in [0.717, 1.165) is 52.6 Å². The Labute approximate surface area is 165 Å². The fourth-order valence-electron chi connectivity index (χ4n) is 4.80. The molecule has 4 rings (SSSR count). The Hall–Kier alpha value is -1.81. The smallest absolute Gasteiger partial charge is 0.258 e. The molecular weight excluding hydrogens is 352 g/mol. The van der Waals surface area contributed by atoms with Crippen molar-refractivity contribution in [3.63, 3.8) is 0 Å². The van der Waals surface area contributed by atoms with E-state index in [1.807, 2.05) is 18.4 Å². The second kappa shape index (κ2) is 7.31. The van der Waals surface area contributed by atoms with Crippen LogP contribution in [0.15, 0.2) is 46.4 Å². The maximum Gasteiger partial charge on any atom is 0.258 e. The Morgan fingerprint density at radius 2 is 2.00 bits per heavy atom. The Kier molecular flexibility index (Phi) is 5.02. The predicted octanol–water partition coefficient (Wildman–Crippen LogP) is 5.36. The minimum atomic E-state index is -0.0273. The predicted molar refractivity (Wildman–Crippen MR) is 114 cm³/mol. The molecule has 2 aromatic rings. The zero-order chi connectivity index (χ0) is 19.0. The van der Waals surface area contributed by atoms with Crippen LogP contribution in [0.1, 0.15) is 57.1 Å². The van der Waals surface area contributed by atoms with Crippen molar-refractivity contribution in [2.75, 3.05) is 5.75 Å². The molecule has 0 bridgehead atoms. The van der Waals surface area contributed by atoms with E-state index in [1.54, 1.807) is 11.8 Å². The minimum absolute atomic E-state index is 0.0273. The molecule has 0 aliphatic heterocycles. The summed E-state index contributed by atoms with van der Waals surface area (Å²) in [4.78, 5) is 18.8. The van der Waals surface area contributed by atoms with Gasteiger partial charge < -0.3 is 0 Å². The van der Waals surface area contributed by atoms with Gasteiger partial charge in [0.05, 0.1) is 11.3 Å². The molecule has 27 heavy (non-hydrogen) atoms. The van der Waals surface area contributed by atoms with Crippen LogP contribution in [-0.4, -0.2) is 15.3 Å². The van der Waals surface area contributed by atoms with Gasteiger partial charge in [-0.15, -0.1) is 0 Å². The monoisotopic (exact) mass is 380 g/mol. The van der Waals surface area contributed by atoms with Gasteiger partial charge in [0.2, 0.25) is 0 Å². The number of benzene rings is 1. The van der Waals surface area contributed by atoms with Crippen molar-refractivity contribution < 1.29 is 0 Å². The lowest BCUT2D eigenvalue weighted by atomic mass is 9.62. The van der Waals surface area contributed by atoms with Gasteiger partial charge in [0.1, 0.15) is 0 Å². The first-order valence-electron chi connectivity index (χ1n) is 10.1. The van der Waals surface area contributed by atoms with Gasteiger partial charge in [0, 0.05) is 23.3 Å². The van der Waals surface area contributed by atoms with Gasteiger partial charge in [0.15, 0.2) is 5.16 Å². The first kappa shape index (κ1) is 18.5. The zero-order valence-corrected chi connectivity index (χ0v) is 17.2. The molecule has 0 radical (unpaired) electrons. The van der Waals surface area contributed by atoms with E-state index in [2.05, 4.69) is 30.8 Å². The third kappa shape index (κ3) is 3.18. The highest BCUT2D eigenvalue weighted by Gasteiger charge is 2.43. The molecular formula is C23H28N2OS. The summed E-state index contributed by atoms with van der Waals surface area (Å²) in [6.07, 6.45) is 6.88. The zero-order valence-electron chi connectivity index (χ0n) is 16.4. The lowest BCUT2D eigenvalue weighted by molar-refractivity contribution is 0.282. The lowest BCUT2D eigenvalue weighted by Gasteiger charge is -2.42. The van der Waals surface area contributed by atoms with E-state index in [0.29, 0.717) is 6.54 Å². The van der Waals surface area contributed by atoms with Crippen LogP contribution in [0.3, 0.4) is 0 Å². The van der Waals surface area contributed by atoms with Gasteiger partial charge in [0.25, 0.3) is 5.56 Å². The largest absolute Gasteiger partial charge is 0.288 e. The molecule has 1 spiro atoms. The molecule has 0 saturated heterocycles. The van der Waals surface area contributed by atoms with Gasteiger partial charge in [-0.1, -0.05) is 67.4 Å². The van der Waals surface area contributed by atoms with E-state index in [1.165, 1.54) is 24.8 Å². The van der Waals surface area contributed by atoms with E-state index >= 15 is 0 Å². The summed E-state index contributed by atoms with van der Waals surface area (Å²) in [5, 5.41) is 0.826. The van der Waals surface area contributed by atoms with Crippen molar-refractivity contribution in [3.05, 3.63) is 57.9 Å². The number of aromatic nitrogens is 2. The lowest BCUT2D eigenvalue weighted by Crippen LogP contribution is -2.43. The molecule has 2 aliphatic carbocycles. The summed E-state index contributed by atoms with van der Waals surface area (Å²) in [7, 11) is 0. The van der Waals surface area contributed by atoms with Gasteiger partial charge >= 0.3 is 0 Å². The maximum atomic E-state index is 13.7. The van der Waals surface area contributed by atoms with Gasteiger partial charge in [-0.25, -0.2) is 4.98 Å². The normalized spacial score (nSPS) is 17.4. The van der Waals surface area contributed by atoms with Gasteiger partial charge in [-0.2, -0.15) is 0 Å². The first-order chi connectivity index (χ1) is 13.1. The van der Waals surface area contributed by atoms with Crippen LogP contribution in [-0.2, 0) is 18.4 Å². The average Bonchev–Trinajstić information content (AvgIpc) is 2.66. The quantitative estimate of drug-likeness (QED) is 0.407. The SMILES string of the molecule is C=C(C)CSc1nc2c(c(=O)n1CC)C1(CCCCC1)Cc1ccccc1-2. The van der Waals surface area contributed by atoms with Crippen molar-refractivity contribution in [2.45, 2.75) is 69.5 Å². The molecule has 142 valence electrons. The fraction of sp³-hybridized carbons (Fsp3) is 0.478. The van der Waals surface area contributed by atoms with E-state index in [-0.39, 0.29) is 11.0 Å². The Bertz CT molecular complexity index is 938. The molecule has 0 N–H and O–H groups in total. The standard InChI is InChI=1S/C23H28N2OS/c1-4-25-21(26)19-20(24-22(25)27-15-16(2)3)18-11-7-6-10-17(18)14-23(19)12-8-5-9-13-23/h6-7,10-11H,2,4-5,8-9,12-15H2,1,3H3. The Morgan fingerprint density at radius 3 is 2.70 bits per heavy atom. The number of nitrogens with zero attached hydrogens (tertiary/aromatic N) is 2. The van der Waals surface area contributed by atoms with Crippen LogP contribution in [0, 0.1) is 0 Å². The fourth-order valence-corrected chi connectivity index (χ4v) is 5.70. The average molecular weight is 381 g/mol. The summed E-state index contributed by atoms with van der Waals surface area (Å²) in [5.41, 5.74) is 5.69. The summed E-state index contributed by atoms with van der Waals surface area (Å²) >= 11 is 1.63. The number of hydrogen-bond acceptors (Lipinski definition) is 3. The molecule has 4 heteroatoms. The minimum Gasteiger partial charge on any atom is -0.288 e. The molecule has 0 unspecified atom stereocenters. The third-order valence-electron chi connectivity index (χ3n) is 6.04.